The quantitative estimate of drug-likeness (QED) is 0.683. The van der Waals surface area contributed by atoms with Gasteiger partial charge in [-0.15, -0.1) is 0 Å². The minimum Gasteiger partial charge on any atom is -0.380 e. The van der Waals surface area contributed by atoms with E-state index in [4.69, 9.17) is 4.74 Å². The van der Waals surface area contributed by atoms with E-state index in [1.807, 2.05) is 7.11 Å². The van der Waals surface area contributed by atoms with Crippen molar-refractivity contribution in [2.24, 2.45) is 5.41 Å². The van der Waals surface area contributed by atoms with Gasteiger partial charge >= 0.3 is 0 Å². The lowest BCUT2D eigenvalue weighted by molar-refractivity contribution is 0.0861. The topological polar surface area (TPSA) is 24.5 Å². The van der Waals surface area contributed by atoms with Gasteiger partial charge in [-0.25, -0.2) is 0 Å². The average molecular weight is 184 g/mol. The summed E-state index contributed by atoms with van der Waals surface area (Å²) in [4.78, 5) is 2.54. The first kappa shape index (κ1) is 9.44. The number of hydrogen-bond donors (Lipinski definition) is 1. The van der Waals surface area contributed by atoms with E-state index < -0.39 is 0 Å². The summed E-state index contributed by atoms with van der Waals surface area (Å²) in [6.07, 6.45) is 1.69. The Kier molecular flexibility index (Phi) is 2.58. The van der Waals surface area contributed by atoms with Crippen molar-refractivity contribution < 1.29 is 4.74 Å². The molecule has 0 aromatic rings. The second-order valence-electron chi connectivity index (χ2n) is 4.80. The SMILES string of the molecule is COC1CCN(CC2(C)CNC2)C1. The molecule has 0 aliphatic carbocycles. The molecule has 0 amide bonds. The molecule has 1 unspecified atom stereocenters. The van der Waals surface area contributed by atoms with Crippen molar-refractivity contribution in [3.63, 3.8) is 0 Å². The maximum Gasteiger partial charge on any atom is 0.0710 e. The van der Waals surface area contributed by atoms with Gasteiger partial charge in [-0.3, -0.25) is 0 Å². The lowest BCUT2D eigenvalue weighted by atomic mass is 9.84. The fraction of sp³-hybridized carbons (Fsp3) is 1.00. The van der Waals surface area contributed by atoms with Crippen LogP contribution >= 0.6 is 0 Å². The predicted molar refractivity (Wildman–Crippen MR) is 52.8 cm³/mol. The van der Waals surface area contributed by atoms with Gasteiger partial charge in [0.25, 0.3) is 0 Å². The number of rotatable bonds is 3. The molecule has 2 aliphatic rings. The van der Waals surface area contributed by atoms with Gasteiger partial charge in [-0.2, -0.15) is 0 Å². The molecule has 3 nitrogen and oxygen atoms in total. The van der Waals surface area contributed by atoms with Gasteiger partial charge in [-0.05, 0) is 6.42 Å². The van der Waals surface area contributed by atoms with Crippen LogP contribution in [-0.2, 0) is 4.74 Å². The number of nitrogens with zero attached hydrogens (tertiary/aromatic N) is 1. The van der Waals surface area contributed by atoms with Gasteiger partial charge < -0.3 is 15.0 Å². The number of methoxy groups -OCH3 is 1. The Balaban J connectivity index is 1.77. The summed E-state index contributed by atoms with van der Waals surface area (Å²) in [6, 6.07) is 0. The van der Waals surface area contributed by atoms with Crippen molar-refractivity contribution in [3.8, 4) is 0 Å². The zero-order valence-corrected chi connectivity index (χ0v) is 8.68. The van der Waals surface area contributed by atoms with Crippen molar-refractivity contribution in [1.82, 2.24) is 10.2 Å². The van der Waals surface area contributed by atoms with E-state index in [0.717, 1.165) is 6.54 Å². The highest BCUT2D eigenvalue weighted by Gasteiger charge is 2.35. The standard InChI is InChI=1S/C10H20N2O/c1-10(6-11-7-10)8-12-4-3-9(5-12)13-2/h9,11H,3-8H2,1-2H3. The number of likely N-dealkylation sites (tertiary alicyclic amines) is 1. The van der Waals surface area contributed by atoms with E-state index in [1.54, 1.807) is 0 Å². The highest BCUT2D eigenvalue weighted by atomic mass is 16.5. The third-order valence-electron chi connectivity index (χ3n) is 3.27. The van der Waals surface area contributed by atoms with Gasteiger partial charge in [0.1, 0.15) is 0 Å². The first-order valence-electron chi connectivity index (χ1n) is 5.18. The van der Waals surface area contributed by atoms with Crippen LogP contribution in [0, 0.1) is 5.41 Å². The Morgan fingerprint density at radius 2 is 2.31 bits per heavy atom. The molecule has 0 aromatic heterocycles. The van der Waals surface area contributed by atoms with Crippen molar-refractivity contribution in [1.29, 1.82) is 0 Å². The molecule has 0 spiro atoms. The van der Waals surface area contributed by atoms with Crippen molar-refractivity contribution >= 4 is 0 Å². The van der Waals surface area contributed by atoms with Gasteiger partial charge in [0, 0.05) is 45.2 Å². The summed E-state index contributed by atoms with van der Waals surface area (Å²) in [7, 11) is 1.82. The zero-order chi connectivity index (χ0) is 9.31. The molecule has 0 saturated carbocycles. The number of nitrogens with one attached hydrogen (secondary N) is 1. The normalized spacial score (nSPS) is 33.2. The predicted octanol–water partition coefficient (Wildman–Crippen LogP) is 0.317. The first-order valence-corrected chi connectivity index (χ1v) is 5.18. The van der Waals surface area contributed by atoms with Crippen LogP contribution in [0.2, 0.25) is 0 Å². The lowest BCUT2D eigenvalue weighted by Gasteiger charge is -2.42. The maximum atomic E-state index is 5.35. The fourth-order valence-electron chi connectivity index (χ4n) is 2.34. The largest absolute Gasteiger partial charge is 0.380 e. The molecule has 2 aliphatic heterocycles. The average Bonchev–Trinajstić information content (AvgIpc) is 2.49. The molecule has 1 N–H and O–H groups in total. The number of hydrogen-bond acceptors (Lipinski definition) is 3. The smallest absolute Gasteiger partial charge is 0.0710 e. The summed E-state index contributed by atoms with van der Waals surface area (Å²) in [5.41, 5.74) is 0.530. The maximum absolute atomic E-state index is 5.35. The molecular weight excluding hydrogens is 164 g/mol. The van der Waals surface area contributed by atoms with Crippen molar-refractivity contribution in [2.45, 2.75) is 19.4 Å². The monoisotopic (exact) mass is 184 g/mol. The fourth-order valence-corrected chi connectivity index (χ4v) is 2.34. The summed E-state index contributed by atoms with van der Waals surface area (Å²) in [5, 5.41) is 3.34. The molecule has 0 aromatic carbocycles. The minimum atomic E-state index is 0.483. The molecule has 2 fully saturated rings. The van der Waals surface area contributed by atoms with Crippen LogP contribution in [0.15, 0.2) is 0 Å². The van der Waals surface area contributed by atoms with E-state index >= 15 is 0 Å². The summed E-state index contributed by atoms with van der Waals surface area (Å²) < 4.78 is 5.35. The van der Waals surface area contributed by atoms with Crippen LogP contribution in [-0.4, -0.2) is 50.8 Å². The molecule has 13 heavy (non-hydrogen) atoms. The Bertz CT molecular complexity index is 180. The third kappa shape index (κ3) is 2.03. The van der Waals surface area contributed by atoms with Gasteiger partial charge in [0.2, 0.25) is 0 Å². The Morgan fingerprint density at radius 1 is 1.54 bits per heavy atom. The molecule has 3 heteroatoms. The van der Waals surface area contributed by atoms with E-state index in [2.05, 4.69) is 17.1 Å². The Hall–Kier alpha value is -0.120. The zero-order valence-electron chi connectivity index (χ0n) is 8.68. The second kappa shape index (κ2) is 3.56. The molecule has 2 rings (SSSR count). The summed E-state index contributed by atoms with van der Waals surface area (Å²) in [5.74, 6) is 0. The van der Waals surface area contributed by atoms with Gasteiger partial charge in [-0.1, -0.05) is 6.92 Å². The van der Waals surface area contributed by atoms with E-state index in [1.165, 1.54) is 32.6 Å². The van der Waals surface area contributed by atoms with Crippen LogP contribution in [0.5, 0.6) is 0 Å². The van der Waals surface area contributed by atoms with Gasteiger partial charge in [0.15, 0.2) is 0 Å². The molecule has 1 atom stereocenters. The highest BCUT2D eigenvalue weighted by Crippen LogP contribution is 2.25. The van der Waals surface area contributed by atoms with Crippen molar-refractivity contribution in [2.75, 3.05) is 39.8 Å². The summed E-state index contributed by atoms with van der Waals surface area (Å²) >= 11 is 0. The van der Waals surface area contributed by atoms with Crippen LogP contribution in [0.3, 0.4) is 0 Å². The molecule has 0 radical (unpaired) electrons. The molecule has 2 saturated heterocycles. The van der Waals surface area contributed by atoms with Crippen LogP contribution < -0.4 is 5.32 Å². The number of ether oxygens (including phenoxy) is 1. The van der Waals surface area contributed by atoms with E-state index in [0.29, 0.717) is 11.5 Å². The lowest BCUT2D eigenvalue weighted by Crippen LogP contribution is -2.56. The highest BCUT2D eigenvalue weighted by molar-refractivity contribution is 4.92. The van der Waals surface area contributed by atoms with Gasteiger partial charge in [0.05, 0.1) is 6.10 Å². The van der Waals surface area contributed by atoms with Crippen LogP contribution in [0.4, 0.5) is 0 Å². The molecular formula is C10H20N2O. The third-order valence-corrected chi connectivity index (χ3v) is 3.27. The Morgan fingerprint density at radius 3 is 2.77 bits per heavy atom. The molecule has 2 heterocycles. The van der Waals surface area contributed by atoms with Crippen molar-refractivity contribution in [3.05, 3.63) is 0 Å². The molecule has 0 bridgehead atoms. The van der Waals surface area contributed by atoms with E-state index in [9.17, 15) is 0 Å². The molecule has 76 valence electrons. The first-order chi connectivity index (χ1) is 6.22. The van der Waals surface area contributed by atoms with Crippen LogP contribution in [0.25, 0.3) is 0 Å². The summed E-state index contributed by atoms with van der Waals surface area (Å²) in [6.45, 7) is 8.31. The van der Waals surface area contributed by atoms with Crippen LogP contribution in [0.1, 0.15) is 13.3 Å². The van der Waals surface area contributed by atoms with E-state index in [-0.39, 0.29) is 0 Å². The second-order valence-corrected chi connectivity index (χ2v) is 4.80. The minimum absolute atomic E-state index is 0.483. The Labute approximate surface area is 80.4 Å².